The van der Waals surface area contributed by atoms with Crippen LogP contribution in [-0.4, -0.2) is 11.8 Å². The summed E-state index contributed by atoms with van der Waals surface area (Å²) < 4.78 is 11.0. The standard InChI is InChI=1S/C22H13ClO4/c23-16-8-4-5-14(11-16)12-20-21(24)18-10-9-17(13-19(18)27-20)26-22(25)15-6-2-1-3-7-15/h1-13H/b20-12+. The smallest absolute Gasteiger partial charge is 0.343 e. The van der Waals surface area contributed by atoms with Gasteiger partial charge in [-0.2, -0.15) is 0 Å². The Hall–Kier alpha value is -3.37. The zero-order valence-electron chi connectivity index (χ0n) is 14.0. The molecule has 3 aromatic rings. The number of hydrogen-bond donors (Lipinski definition) is 0. The minimum Gasteiger partial charge on any atom is -0.452 e. The summed E-state index contributed by atoms with van der Waals surface area (Å²) in [6, 6.07) is 20.5. The molecule has 3 aromatic carbocycles. The first-order valence-corrected chi connectivity index (χ1v) is 8.59. The van der Waals surface area contributed by atoms with Gasteiger partial charge in [0, 0.05) is 11.1 Å². The number of benzene rings is 3. The lowest BCUT2D eigenvalue weighted by molar-refractivity contribution is 0.0734. The highest BCUT2D eigenvalue weighted by Crippen LogP contribution is 2.35. The van der Waals surface area contributed by atoms with E-state index in [1.807, 2.05) is 12.1 Å². The molecule has 0 saturated carbocycles. The highest BCUT2D eigenvalue weighted by atomic mass is 35.5. The van der Waals surface area contributed by atoms with Crippen molar-refractivity contribution in [1.82, 2.24) is 0 Å². The number of ketones is 1. The van der Waals surface area contributed by atoms with Crippen LogP contribution in [0.25, 0.3) is 6.08 Å². The lowest BCUT2D eigenvalue weighted by Crippen LogP contribution is -2.08. The van der Waals surface area contributed by atoms with Crippen LogP contribution in [0.3, 0.4) is 0 Å². The molecule has 0 radical (unpaired) electrons. The van der Waals surface area contributed by atoms with E-state index in [4.69, 9.17) is 21.1 Å². The van der Waals surface area contributed by atoms with E-state index in [1.165, 1.54) is 6.07 Å². The van der Waals surface area contributed by atoms with Crippen molar-refractivity contribution >= 4 is 29.4 Å². The van der Waals surface area contributed by atoms with E-state index in [0.717, 1.165) is 5.56 Å². The number of Topliss-reactive ketones (excluding diaryl/α,β-unsaturated/α-hetero) is 1. The topological polar surface area (TPSA) is 52.6 Å². The quantitative estimate of drug-likeness (QED) is 0.359. The Balaban J connectivity index is 1.57. The van der Waals surface area contributed by atoms with Crippen molar-refractivity contribution in [2.45, 2.75) is 0 Å². The second-order valence-corrected chi connectivity index (χ2v) is 6.34. The maximum absolute atomic E-state index is 12.5. The zero-order valence-corrected chi connectivity index (χ0v) is 14.8. The van der Waals surface area contributed by atoms with E-state index in [0.29, 0.717) is 27.6 Å². The summed E-state index contributed by atoms with van der Waals surface area (Å²) in [6.45, 7) is 0. The van der Waals surface area contributed by atoms with Gasteiger partial charge in [-0.15, -0.1) is 0 Å². The predicted octanol–water partition coefficient (Wildman–Crippen LogP) is 5.18. The SMILES string of the molecule is O=C(Oc1ccc2c(c1)O/C(=C/c1cccc(Cl)c1)C2=O)c1ccccc1. The van der Waals surface area contributed by atoms with Crippen LogP contribution in [0.1, 0.15) is 26.3 Å². The van der Waals surface area contributed by atoms with Gasteiger partial charge in [0.1, 0.15) is 11.5 Å². The van der Waals surface area contributed by atoms with E-state index in [1.54, 1.807) is 60.7 Å². The molecule has 0 aromatic heterocycles. The molecule has 1 heterocycles. The molecule has 27 heavy (non-hydrogen) atoms. The van der Waals surface area contributed by atoms with Crippen LogP contribution in [0.5, 0.6) is 11.5 Å². The molecule has 132 valence electrons. The highest BCUT2D eigenvalue weighted by Gasteiger charge is 2.28. The number of carbonyl (C=O) groups is 2. The molecule has 1 aliphatic heterocycles. The Kier molecular flexibility index (Phi) is 4.48. The summed E-state index contributed by atoms with van der Waals surface area (Å²) in [5, 5.41) is 0.572. The minimum atomic E-state index is -0.477. The van der Waals surface area contributed by atoms with Gasteiger partial charge in [0.15, 0.2) is 5.76 Å². The Morgan fingerprint density at radius 1 is 0.963 bits per heavy atom. The maximum atomic E-state index is 12.5. The molecule has 0 N–H and O–H groups in total. The number of allylic oxidation sites excluding steroid dienone is 1. The van der Waals surface area contributed by atoms with Crippen LogP contribution < -0.4 is 9.47 Å². The van der Waals surface area contributed by atoms with Crippen molar-refractivity contribution in [3.8, 4) is 11.5 Å². The second kappa shape index (κ2) is 7.09. The first-order chi connectivity index (χ1) is 13.1. The molecule has 0 fully saturated rings. The van der Waals surface area contributed by atoms with Crippen LogP contribution in [-0.2, 0) is 0 Å². The molecule has 5 heteroatoms. The van der Waals surface area contributed by atoms with Gasteiger partial charge >= 0.3 is 5.97 Å². The van der Waals surface area contributed by atoms with Gasteiger partial charge in [-0.1, -0.05) is 41.9 Å². The number of carbonyl (C=O) groups excluding carboxylic acids is 2. The third-order valence-electron chi connectivity index (χ3n) is 4.01. The Morgan fingerprint density at radius 3 is 2.56 bits per heavy atom. The van der Waals surface area contributed by atoms with E-state index in [2.05, 4.69) is 0 Å². The van der Waals surface area contributed by atoms with Gasteiger partial charge in [-0.25, -0.2) is 4.79 Å². The van der Waals surface area contributed by atoms with Gasteiger partial charge in [-0.05, 0) is 48.0 Å². The van der Waals surface area contributed by atoms with Crippen LogP contribution >= 0.6 is 11.6 Å². The second-order valence-electron chi connectivity index (χ2n) is 5.91. The summed E-state index contributed by atoms with van der Waals surface area (Å²) in [5.41, 5.74) is 1.62. The van der Waals surface area contributed by atoms with Crippen LogP contribution in [0.4, 0.5) is 0 Å². The Morgan fingerprint density at radius 2 is 1.78 bits per heavy atom. The largest absolute Gasteiger partial charge is 0.452 e. The van der Waals surface area contributed by atoms with Crippen molar-refractivity contribution < 1.29 is 19.1 Å². The van der Waals surface area contributed by atoms with E-state index in [-0.39, 0.29) is 11.5 Å². The van der Waals surface area contributed by atoms with Crippen molar-refractivity contribution in [3.63, 3.8) is 0 Å². The molecule has 0 unspecified atom stereocenters. The molecular weight excluding hydrogens is 364 g/mol. The molecule has 0 bridgehead atoms. The number of halogens is 1. The molecule has 0 aliphatic carbocycles. The van der Waals surface area contributed by atoms with Crippen molar-refractivity contribution in [1.29, 1.82) is 0 Å². The van der Waals surface area contributed by atoms with E-state index >= 15 is 0 Å². The van der Waals surface area contributed by atoms with Gasteiger partial charge in [0.05, 0.1) is 11.1 Å². The fourth-order valence-corrected chi connectivity index (χ4v) is 2.92. The average Bonchev–Trinajstić information content (AvgIpc) is 2.97. The molecule has 0 amide bonds. The van der Waals surface area contributed by atoms with Crippen LogP contribution in [0.2, 0.25) is 5.02 Å². The highest BCUT2D eigenvalue weighted by molar-refractivity contribution is 6.30. The molecule has 0 atom stereocenters. The number of rotatable bonds is 3. The van der Waals surface area contributed by atoms with Crippen LogP contribution in [0, 0.1) is 0 Å². The van der Waals surface area contributed by atoms with Crippen molar-refractivity contribution in [2.24, 2.45) is 0 Å². The molecule has 4 nitrogen and oxygen atoms in total. The molecule has 4 rings (SSSR count). The van der Waals surface area contributed by atoms with Gasteiger partial charge in [-0.3, -0.25) is 4.79 Å². The Bertz CT molecular complexity index is 1070. The first-order valence-electron chi connectivity index (χ1n) is 8.21. The van der Waals surface area contributed by atoms with Crippen molar-refractivity contribution in [3.05, 3.63) is 100 Å². The minimum absolute atomic E-state index is 0.193. The zero-order chi connectivity index (χ0) is 18.8. The number of hydrogen-bond acceptors (Lipinski definition) is 4. The third kappa shape index (κ3) is 3.61. The number of ether oxygens (including phenoxy) is 2. The summed E-state index contributed by atoms with van der Waals surface area (Å²) in [4.78, 5) is 24.7. The number of esters is 1. The van der Waals surface area contributed by atoms with Crippen molar-refractivity contribution in [2.75, 3.05) is 0 Å². The number of fused-ring (bicyclic) bond motifs is 1. The van der Waals surface area contributed by atoms with Gasteiger partial charge in [0.25, 0.3) is 0 Å². The summed E-state index contributed by atoms with van der Waals surface area (Å²) >= 11 is 5.97. The van der Waals surface area contributed by atoms with Gasteiger partial charge < -0.3 is 9.47 Å². The van der Waals surface area contributed by atoms with E-state index in [9.17, 15) is 9.59 Å². The van der Waals surface area contributed by atoms with Crippen LogP contribution in [0.15, 0.2) is 78.6 Å². The first kappa shape index (κ1) is 17.1. The lowest BCUT2D eigenvalue weighted by atomic mass is 10.1. The average molecular weight is 377 g/mol. The molecular formula is C22H13ClO4. The summed E-state index contributed by atoms with van der Waals surface area (Å²) in [6.07, 6.45) is 1.63. The molecule has 0 spiro atoms. The lowest BCUT2D eigenvalue weighted by Gasteiger charge is -2.05. The Labute approximate surface area is 160 Å². The van der Waals surface area contributed by atoms with E-state index < -0.39 is 5.97 Å². The maximum Gasteiger partial charge on any atom is 0.343 e. The fraction of sp³-hybridized carbons (Fsp3) is 0. The normalized spacial score (nSPS) is 14.0. The van der Waals surface area contributed by atoms with Gasteiger partial charge in [0.2, 0.25) is 5.78 Å². The molecule has 1 aliphatic rings. The molecule has 0 saturated heterocycles. The fourth-order valence-electron chi connectivity index (χ4n) is 2.72. The summed E-state index contributed by atoms with van der Waals surface area (Å²) in [5.74, 6) is 0.144. The predicted molar refractivity (Wildman–Crippen MR) is 102 cm³/mol. The monoisotopic (exact) mass is 376 g/mol. The third-order valence-corrected chi connectivity index (χ3v) is 4.24. The summed E-state index contributed by atoms with van der Waals surface area (Å²) in [7, 11) is 0.